The molecule has 0 amide bonds. The zero-order chi connectivity index (χ0) is 13.0. The van der Waals surface area contributed by atoms with Gasteiger partial charge in [0.05, 0.1) is 11.0 Å². The number of nitrogens with zero attached hydrogens (tertiary/aromatic N) is 1. The molecule has 0 saturated carbocycles. The Kier molecular flexibility index (Phi) is 4.89. The summed E-state index contributed by atoms with van der Waals surface area (Å²) >= 11 is 3.20. The largest absolute Gasteiger partial charge is 0.484 e. The third-order valence-corrected chi connectivity index (χ3v) is 2.77. The molecule has 0 spiro atoms. The van der Waals surface area contributed by atoms with Crippen LogP contribution in [0.25, 0.3) is 0 Å². The zero-order valence-corrected chi connectivity index (χ0v) is 11.2. The fourth-order valence-corrected chi connectivity index (χ4v) is 1.89. The highest BCUT2D eigenvalue weighted by atomic mass is 79.9. The summed E-state index contributed by atoms with van der Waals surface area (Å²) in [7, 11) is 0. The molecule has 0 heterocycles. The van der Waals surface area contributed by atoms with E-state index < -0.39 is 11.0 Å². The maximum atomic E-state index is 10.9. The van der Waals surface area contributed by atoms with Crippen LogP contribution in [0.2, 0.25) is 0 Å². The SMILES string of the molecule is CCC(O)COc1c(C)cc(Br)cc1[N+](=O)[O-]. The molecule has 1 unspecified atom stereocenters. The first-order valence-corrected chi connectivity index (χ1v) is 6.00. The molecular weight excluding hydrogens is 290 g/mol. The molecule has 6 heteroatoms. The second kappa shape index (κ2) is 5.97. The van der Waals surface area contributed by atoms with Crippen LogP contribution in [-0.2, 0) is 0 Å². The standard InChI is InChI=1S/C11H14BrNO4/c1-3-9(14)6-17-11-7(2)4-8(12)5-10(11)13(15)16/h4-5,9,14H,3,6H2,1-2H3. The fourth-order valence-electron chi connectivity index (χ4n) is 1.33. The lowest BCUT2D eigenvalue weighted by atomic mass is 10.2. The molecule has 5 nitrogen and oxygen atoms in total. The molecule has 0 aliphatic heterocycles. The maximum absolute atomic E-state index is 10.9. The summed E-state index contributed by atoms with van der Waals surface area (Å²) in [5.74, 6) is 0.214. The van der Waals surface area contributed by atoms with Crippen molar-refractivity contribution in [2.45, 2.75) is 26.4 Å². The first-order chi connectivity index (χ1) is 7.95. The van der Waals surface area contributed by atoms with Gasteiger partial charge < -0.3 is 9.84 Å². The van der Waals surface area contributed by atoms with Crippen molar-refractivity contribution in [1.82, 2.24) is 0 Å². The lowest BCUT2D eigenvalue weighted by Gasteiger charge is -2.12. The van der Waals surface area contributed by atoms with Crippen LogP contribution in [0.5, 0.6) is 5.75 Å². The van der Waals surface area contributed by atoms with Crippen LogP contribution in [-0.4, -0.2) is 22.7 Å². The first kappa shape index (κ1) is 13.9. The van der Waals surface area contributed by atoms with E-state index in [9.17, 15) is 15.2 Å². The van der Waals surface area contributed by atoms with Crippen molar-refractivity contribution in [3.63, 3.8) is 0 Å². The van der Waals surface area contributed by atoms with Crippen molar-refractivity contribution in [3.05, 3.63) is 32.3 Å². The van der Waals surface area contributed by atoms with Crippen molar-refractivity contribution < 1.29 is 14.8 Å². The number of halogens is 1. The highest BCUT2D eigenvalue weighted by Gasteiger charge is 2.19. The molecule has 17 heavy (non-hydrogen) atoms. The highest BCUT2D eigenvalue weighted by molar-refractivity contribution is 9.10. The van der Waals surface area contributed by atoms with Gasteiger partial charge in [-0.15, -0.1) is 0 Å². The van der Waals surface area contributed by atoms with Gasteiger partial charge in [-0.2, -0.15) is 0 Å². The third kappa shape index (κ3) is 3.67. The van der Waals surface area contributed by atoms with E-state index in [1.807, 2.05) is 6.92 Å². The summed E-state index contributed by atoms with van der Waals surface area (Å²) in [5, 5.41) is 20.3. The van der Waals surface area contributed by atoms with Gasteiger partial charge >= 0.3 is 5.69 Å². The molecule has 0 aliphatic carbocycles. The van der Waals surface area contributed by atoms with Gasteiger partial charge in [-0.25, -0.2) is 0 Å². The number of rotatable bonds is 5. The molecule has 1 aromatic carbocycles. The average Bonchev–Trinajstić information content (AvgIpc) is 2.26. The number of aliphatic hydroxyl groups is 1. The second-order valence-electron chi connectivity index (χ2n) is 3.70. The van der Waals surface area contributed by atoms with Crippen molar-refractivity contribution in [3.8, 4) is 5.75 Å². The molecule has 0 radical (unpaired) electrons. The highest BCUT2D eigenvalue weighted by Crippen LogP contribution is 2.34. The van der Waals surface area contributed by atoms with Crippen LogP contribution < -0.4 is 4.74 Å². The monoisotopic (exact) mass is 303 g/mol. The van der Waals surface area contributed by atoms with Gasteiger partial charge in [0, 0.05) is 10.5 Å². The van der Waals surface area contributed by atoms with E-state index in [1.54, 1.807) is 13.0 Å². The number of aryl methyl sites for hydroxylation is 1. The van der Waals surface area contributed by atoms with Gasteiger partial charge in [0.15, 0.2) is 5.75 Å². The smallest absolute Gasteiger partial charge is 0.312 e. The van der Waals surface area contributed by atoms with Crippen molar-refractivity contribution in [2.24, 2.45) is 0 Å². The van der Waals surface area contributed by atoms with E-state index in [2.05, 4.69) is 15.9 Å². The minimum Gasteiger partial charge on any atom is -0.484 e. The molecular formula is C11H14BrNO4. The summed E-state index contributed by atoms with van der Waals surface area (Å²) in [5.41, 5.74) is 0.564. The number of nitro benzene ring substituents is 1. The van der Waals surface area contributed by atoms with E-state index in [0.29, 0.717) is 16.5 Å². The summed E-state index contributed by atoms with van der Waals surface area (Å²) < 4.78 is 5.95. The number of nitro groups is 1. The van der Waals surface area contributed by atoms with E-state index in [4.69, 9.17) is 4.74 Å². The minimum atomic E-state index is -0.613. The molecule has 94 valence electrons. The lowest BCUT2D eigenvalue weighted by Crippen LogP contribution is -2.17. The molecule has 0 aliphatic rings. The van der Waals surface area contributed by atoms with E-state index in [-0.39, 0.29) is 18.0 Å². The van der Waals surface area contributed by atoms with Gasteiger partial charge in [0.1, 0.15) is 6.61 Å². The topological polar surface area (TPSA) is 72.6 Å². The Morgan fingerprint density at radius 1 is 1.59 bits per heavy atom. The van der Waals surface area contributed by atoms with Crippen molar-refractivity contribution in [2.75, 3.05) is 6.61 Å². The summed E-state index contributed by atoms with van der Waals surface area (Å²) in [6.45, 7) is 3.60. The Bertz CT molecular complexity index is 422. The van der Waals surface area contributed by atoms with Crippen molar-refractivity contribution in [1.29, 1.82) is 0 Å². The molecule has 1 N–H and O–H groups in total. The quantitative estimate of drug-likeness (QED) is 0.670. The normalized spacial score (nSPS) is 12.2. The first-order valence-electron chi connectivity index (χ1n) is 5.21. The minimum absolute atomic E-state index is 0.0554. The average molecular weight is 304 g/mol. The van der Waals surface area contributed by atoms with E-state index >= 15 is 0 Å². The number of benzene rings is 1. The Hall–Kier alpha value is -1.14. The van der Waals surface area contributed by atoms with Crippen LogP contribution in [0.4, 0.5) is 5.69 Å². The summed E-state index contributed by atoms with van der Waals surface area (Å²) in [6, 6.07) is 3.13. The van der Waals surface area contributed by atoms with Crippen LogP contribution in [0, 0.1) is 17.0 Å². The number of ether oxygens (including phenoxy) is 1. The Morgan fingerprint density at radius 3 is 2.76 bits per heavy atom. The van der Waals surface area contributed by atoms with Crippen LogP contribution >= 0.6 is 15.9 Å². The molecule has 0 fully saturated rings. The van der Waals surface area contributed by atoms with Crippen LogP contribution in [0.3, 0.4) is 0 Å². The van der Waals surface area contributed by atoms with Gasteiger partial charge in [-0.1, -0.05) is 22.9 Å². The van der Waals surface area contributed by atoms with E-state index in [0.717, 1.165) is 0 Å². The van der Waals surface area contributed by atoms with Crippen LogP contribution in [0.15, 0.2) is 16.6 Å². The molecule has 1 aromatic rings. The second-order valence-corrected chi connectivity index (χ2v) is 4.62. The van der Waals surface area contributed by atoms with Gasteiger partial charge in [0.2, 0.25) is 0 Å². The lowest BCUT2D eigenvalue weighted by molar-refractivity contribution is -0.386. The van der Waals surface area contributed by atoms with Crippen molar-refractivity contribution >= 4 is 21.6 Å². The molecule has 1 rings (SSSR count). The van der Waals surface area contributed by atoms with Crippen LogP contribution in [0.1, 0.15) is 18.9 Å². The number of hydrogen-bond acceptors (Lipinski definition) is 4. The Morgan fingerprint density at radius 2 is 2.24 bits per heavy atom. The van der Waals surface area contributed by atoms with Gasteiger partial charge in [-0.05, 0) is 25.0 Å². The summed E-state index contributed by atoms with van der Waals surface area (Å²) in [4.78, 5) is 10.4. The molecule has 0 bridgehead atoms. The van der Waals surface area contributed by atoms with E-state index in [1.165, 1.54) is 6.07 Å². The zero-order valence-electron chi connectivity index (χ0n) is 9.64. The molecule has 0 aromatic heterocycles. The maximum Gasteiger partial charge on any atom is 0.312 e. The van der Waals surface area contributed by atoms with Gasteiger partial charge in [-0.3, -0.25) is 10.1 Å². The molecule has 0 saturated heterocycles. The number of hydrogen-bond donors (Lipinski definition) is 1. The Balaban J connectivity index is 3.00. The fraction of sp³-hybridized carbons (Fsp3) is 0.455. The summed E-state index contributed by atoms with van der Waals surface area (Å²) in [6.07, 6.45) is -0.0683. The predicted octanol–water partition coefficient (Wildman–Crippen LogP) is 2.82. The third-order valence-electron chi connectivity index (χ3n) is 2.31. The predicted molar refractivity (Wildman–Crippen MR) is 67.3 cm³/mol. The Labute approximate surface area is 108 Å². The molecule has 1 atom stereocenters. The van der Waals surface area contributed by atoms with Gasteiger partial charge in [0.25, 0.3) is 0 Å². The number of aliphatic hydroxyl groups excluding tert-OH is 1.